The summed E-state index contributed by atoms with van der Waals surface area (Å²) in [5.74, 6) is 0.273. The number of aromatic amines is 1. The van der Waals surface area contributed by atoms with E-state index in [0.717, 1.165) is 38.5 Å². The molecule has 7 rings (SSSR count). The van der Waals surface area contributed by atoms with E-state index in [1.807, 2.05) is 18.2 Å². The van der Waals surface area contributed by atoms with Gasteiger partial charge in [-0.1, -0.05) is 78.9 Å². The summed E-state index contributed by atoms with van der Waals surface area (Å²) < 4.78 is 2.22. The first kappa shape index (κ1) is 16.5. The molecule has 7 aromatic rings. The molecule has 0 bridgehead atoms. The topological polar surface area (TPSA) is 41.0 Å². The zero-order valence-electron chi connectivity index (χ0n) is 16.6. The molecular formula is C28H18N2O. The highest BCUT2D eigenvalue weighted by Crippen LogP contribution is 2.42. The van der Waals surface area contributed by atoms with Gasteiger partial charge in [-0.3, -0.25) is 0 Å². The quantitative estimate of drug-likeness (QED) is 0.300. The van der Waals surface area contributed by atoms with Crippen LogP contribution in [0.4, 0.5) is 0 Å². The highest BCUT2D eigenvalue weighted by atomic mass is 16.3. The summed E-state index contributed by atoms with van der Waals surface area (Å²) in [7, 11) is 0. The lowest BCUT2D eigenvalue weighted by molar-refractivity contribution is 0.474. The summed E-state index contributed by atoms with van der Waals surface area (Å²) in [5.41, 5.74) is 5.18. The zero-order valence-corrected chi connectivity index (χ0v) is 16.6. The van der Waals surface area contributed by atoms with Crippen LogP contribution >= 0.6 is 0 Å². The number of rotatable bonds is 1. The molecule has 0 radical (unpaired) electrons. The van der Waals surface area contributed by atoms with E-state index in [9.17, 15) is 5.11 Å². The van der Waals surface area contributed by atoms with Gasteiger partial charge in [0.25, 0.3) is 0 Å². The molecule has 0 saturated heterocycles. The van der Waals surface area contributed by atoms with Crippen LogP contribution in [0, 0.1) is 0 Å². The number of aromatic hydroxyl groups is 1. The van der Waals surface area contributed by atoms with Gasteiger partial charge in [0.2, 0.25) is 0 Å². The van der Waals surface area contributed by atoms with Crippen LogP contribution in [0.15, 0.2) is 97.1 Å². The Hall–Kier alpha value is -4.24. The van der Waals surface area contributed by atoms with Gasteiger partial charge >= 0.3 is 0 Å². The van der Waals surface area contributed by atoms with Gasteiger partial charge in [-0.2, -0.15) is 0 Å². The maximum Gasteiger partial charge on any atom is 0.140 e. The number of phenols is 1. The van der Waals surface area contributed by atoms with Crippen molar-refractivity contribution >= 4 is 54.4 Å². The van der Waals surface area contributed by atoms with Gasteiger partial charge in [-0.05, 0) is 23.6 Å². The average molecular weight is 398 g/mol. The third-order valence-corrected chi connectivity index (χ3v) is 6.42. The van der Waals surface area contributed by atoms with Crippen molar-refractivity contribution in [3.05, 3.63) is 97.1 Å². The molecule has 31 heavy (non-hydrogen) atoms. The molecule has 0 aliphatic carbocycles. The minimum atomic E-state index is 0.273. The molecule has 0 spiro atoms. The Morgan fingerprint density at radius 1 is 0.581 bits per heavy atom. The van der Waals surface area contributed by atoms with E-state index < -0.39 is 0 Å². The molecule has 0 unspecified atom stereocenters. The van der Waals surface area contributed by atoms with Crippen LogP contribution in [0.5, 0.6) is 5.75 Å². The standard InChI is InChI=1S/C28H18N2O/c31-25-16-13-17-7-1-2-8-18(17)27(25)30-24-12-6-4-10-20(24)22-15-14-21-19-9-3-5-11-23(19)29-26(21)28(22)30/h1-16,29,31H. The lowest BCUT2D eigenvalue weighted by atomic mass is 10.1. The summed E-state index contributed by atoms with van der Waals surface area (Å²) >= 11 is 0. The van der Waals surface area contributed by atoms with Crippen molar-refractivity contribution < 1.29 is 5.11 Å². The van der Waals surface area contributed by atoms with Gasteiger partial charge in [-0.25, -0.2) is 0 Å². The Morgan fingerprint density at radius 2 is 1.29 bits per heavy atom. The fourth-order valence-corrected chi connectivity index (χ4v) is 5.08. The van der Waals surface area contributed by atoms with E-state index in [1.54, 1.807) is 6.07 Å². The second-order valence-electron chi connectivity index (χ2n) is 8.06. The van der Waals surface area contributed by atoms with Crippen LogP contribution in [0.25, 0.3) is 60.1 Å². The summed E-state index contributed by atoms with van der Waals surface area (Å²) in [4.78, 5) is 3.66. The summed E-state index contributed by atoms with van der Waals surface area (Å²) in [6, 6.07) is 33.2. The van der Waals surface area contributed by atoms with Crippen molar-refractivity contribution in [1.29, 1.82) is 0 Å². The lowest BCUT2D eigenvalue weighted by Crippen LogP contribution is -1.96. The molecular weight excluding hydrogens is 380 g/mol. The molecule has 0 atom stereocenters. The van der Waals surface area contributed by atoms with E-state index in [1.165, 1.54) is 21.5 Å². The second-order valence-corrected chi connectivity index (χ2v) is 8.06. The minimum absolute atomic E-state index is 0.273. The average Bonchev–Trinajstić information content (AvgIpc) is 3.35. The van der Waals surface area contributed by atoms with Crippen LogP contribution in [-0.2, 0) is 0 Å². The SMILES string of the molecule is Oc1ccc2ccccc2c1-n1c2ccccc2c2ccc3c4ccccc4[nH]c3c21. The molecule has 0 aliphatic rings. The predicted octanol–water partition coefficient (Wildman–Crippen LogP) is 7.28. The van der Waals surface area contributed by atoms with Crippen LogP contribution in [0.1, 0.15) is 0 Å². The Balaban J connectivity index is 1.79. The molecule has 3 heteroatoms. The van der Waals surface area contributed by atoms with Crippen LogP contribution < -0.4 is 0 Å². The Morgan fingerprint density at radius 3 is 2.19 bits per heavy atom. The van der Waals surface area contributed by atoms with Crippen molar-refractivity contribution in [1.82, 2.24) is 9.55 Å². The third-order valence-electron chi connectivity index (χ3n) is 6.42. The smallest absolute Gasteiger partial charge is 0.140 e. The van der Waals surface area contributed by atoms with Gasteiger partial charge in [0, 0.05) is 32.4 Å². The number of nitrogens with zero attached hydrogens (tertiary/aromatic N) is 1. The Labute approximate surface area is 177 Å². The van der Waals surface area contributed by atoms with Gasteiger partial charge in [0.05, 0.1) is 22.2 Å². The number of phenolic OH excluding ortho intramolecular Hbond substituents is 1. The van der Waals surface area contributed by atoms with Crippen LogP contribution in [0.3, 0.4) is 0 Å². The maximum atomic E-state index is 11.1. The zero-order chi connectivity index (χ0) is 20.5. The van der Waals surface area contributed by atoms with Gasteiger partial charge in [0.1, 0.15) is 5.75 Å². The van der Waals surface area contributed by atoms with Gasteiger partial charge in [-0.15, -0.1) is 0 Å². The molecule has 0 amide bonds. The molecule has 2 aromatic heterocycles. The third kappa shape index (κ3) is 2.12. The first-order valence-electron chi connectivity index (χ1n) is 10.4. The summed E-state index contributed by atoms with van der Waals surface area (Å²) in [5, 5.41) is 17.9. The molecule has 2 heterocycles. The largest absolute Gasteiger partial charge is 0.506 e. The van der Waals surface area contributed by atoms with E-state index in [0.29, 0.717) is 0 Å². The number of hydrogen-bond acceptors (Lipinski definition) is 1. The molecule has 0 aliphatic heterocycles. The Bertz CT molecular complexity index is 1800. The number of H-pyrrole nitrogens is 1. The number of para-hydroxylation sites is 2. The molecule has 0 saturated carbocycles. The minimum Gasteiger partial charge on any atom is -0.506 e. The monoisotopic (exact) mass is 398 g/mol. The van der Waals surface area contributed by atoms with E-state index >= 15 is 0 Å². The fraction of sp³-hybridized carbons (Fsp3) is 0. The number of fused-ring (bicyclic) bond motifs is 8. The molecule has 0 fully saturated rings. The Kier molecular flexibility index (Phi) is 3.15. The maximum absolute atomic E-state index is 11.1. The van der Waals surface area contributed by atoms with E-state index in [-0.39, 0.29) is 5.75 Å². The molecule has 3 nitrogen and oxygen atoms in total. The molecule has 5 aromatic carbocycles. The molecule has 146 valence electrons. The van der Waals surface area contributed by atoms with E-state index in [4.69, 9.17) is 0 Å². The lowest BCUT2D eigenvalue weighted by Gasteiger charge is -2.14. The van der Waals surface area contributed by atoms with Crippen LogP contribution in [0.2, 0.25) is 0 Å². The predicted molar refractivity (Wildman–Crippen MR) is 129 cm³/mol. The summed E-state index contributed by atoms with van der Waals surface area (Å²) in [6.45, 7) is 0. The van der Waals surface area contributed by atoms with Crippen molar-refractivity contribution in [2.24, 2.45) is 0 Å². The highest BCUT2D eigenvalue weighted by molar-refractivity contribution is 6.23. The number of aromatic nitrogens is 2. The number of benzene rings is 5. The van der Waals surface area contributed by atoms with Gasteiger partial charge < -0.3 is 14.7 Å². The van der Waals surface area contributed by atoms with Crippen molar-refractivity contribution in [3.8, 4) is 11.4 Å². The fourth-order valence-electron chi connectivity index (χ4n) is 5.08. The number of hydrogen-bond donors (Lipinski definition) is 2. The van der Waals surface area contributed by atoms with Crippen molar-refractivity contribution in [2.45, 2.75) is 0 Å². The van der Waals surface area contributed by atoms with Crippen molar-refractivity contribution in [3.63, 3.8) is 0 Å². The highest BCUT2D eigenvalue weighted by Gasteiger charge is 2.20. The molecule has 2 N–H and O–H groups in total. The second kappa shape index (κ2) is 5.89. The first-order valence-corrected chi connectivity index (χ1v) is 10.4. The van der Waals surface area contributed by atoms with Gasteiger partial charge in [0.15, 0.2) is 0 Å². The van der Waals surface area contributed by atoms with Crippen LogP contribution in [-0.4, -0.2) is 14.7 Å². The number of nitrogens with one attached hydrogen (secondary N) is 1. The summed E-state index contributed by atoms with van der Waals surface area (Å²) in [6.07, 6.45) is 0. The van der Waals surface area contributed by atoms with E-state index in [2.05, 4.69) is 82.3 Å². The first-order chi connectivity index (χ1) is 15.3. The normalized spacial score (nSPS) is 12.0. The van der Waals surface area contributed by atoms with Crippen molar-refractivity contribution in [2.75, 3.05) is 0 Å².